The third-order valence-electron chi connectivity index (χ3n) is 4.37. The van der Waals surface area contributed by atoms with Gasteiger partial charge in [0.25, 0.3) is 0 Å². The second-order valence-corrected chi connectivity index (χ2v) is 6.35. The smallest absolute Gasteiger partial charge is 0.0217 e. The largest absolute Gasteiger partial charge is 0.314 e. The Bertz CT molecular complexity index is 226. The van der Waals surface area contributed by atoms with Gasteiger partial charge in [-0.25, -0.2) is 0 Å². The normalized spacial score (nSPS) is 25.8. The Morgan fingerprint density at radius 1 is 1.11 bits per heavy atom. The van der Waals surface area contributed by atoms with Crippen molar-refractivity contribution >= 4 is 0 Å². The highest BCUT2D eigenvalue weighted by atomic mass is 15.2. The van der Waals surface area contributed by atoms with Gasteiger partial charge in [0.1, 0.15) is 0 Å². The van der Waals surface area contributed by atoms with E-state index in [1.807, 2.05) is 0 Å². The van der Waals surface area contributed by atoms with Crippen molar-refractivity contribution in [1.29, 1.82) is 0 Å². The number of nitrogens with one attached hydrogen (secondary N) is 1. The van der Waals surface area contributed by atoms with Gasteiger partial charge in [-0.15, -0.1) is 0 Å². The molecule has 1 aliphatic carbocycles. The molecule has 3 nitrogen and oxygen atoms in total. The minimum Gasteiger partial charge on any atom is -0.314 e. The zero-order valence-corrected chi connectivity index (χ0v) is 12.3. The number of unbranched alkanes of at least 4 members (excludes halogenated alkanes) is 2. The van der Waals surface area contributed by atoms with E-state index >= 15 is 0 Å². The molecule has 0 aromatic rings. The summed E-state index contributed by atoms with van der Waals surface area (Å²) in [6, 6.07) is 1.67. The van der Waals surface area contributed by atoms with Crippen molar-refractivity contribution in [2.75, 3.05) is 40.3 Å². The van der Waals surface area contributed by atoms with E-state index in [9.17, 15) is 0 Å². The maximum Gasteiger partial charge on any atom is 0.0217 e. The van der Waals surface area contributed by atoms with Crippen molar-refractivity contribution < 1.29 is 0 Å². The summed E-state index contributed by atoms with van der Waals surface area (Å²) in [5, 5.41) is 3.60. The summed E-state index contributed by atoms with van der Waals surface area (Å²) in [7, 11) is 4.44. The first kappa shape index (κ1) is 14.3. The van der Waals surface area contributed by atoms with Gasteiger partial charge in [-0.1, -0.05) is 6.42 Å². The van der Waals surface area contributed by atoms with Crippen molar-refractivity contribution in [3.8, 4) is 0 Å². The Morgan fingerprint density at radius 2 is 1.94 bits per heavy atom. The van der Waals surface area contributed by atoms with Crippen LogP contribution in [0.3, 0.4) is 0 Å². The highest BCUT2D eigenvalue weighted by Crippen LogP contribution is 2.18. The van der Waals surface area contributed by atoms with Crippen LogP contribution in [0.25, 0.3) is 0 Å². The van der Waals surface area contributed by atoms with Crippen LogP contribution in [-0.2, 0) is 0 Å². The van der Waals surface area contributed by atoms with Gasteiger partial charge >= 0.3 is 0 Å². The van der Waals surface area contributed by atoms with Gasteiger partial charge in [-0.2, -0.15) is 0 Å². The van der Waals surface area contributed by atoms with Gasteiger partial charge in [0.05, 0.1) is 0 Å². The first-order valence-corrected chi connectivity index (χ1v) is 7.88. The molecule has 1 atom stereocenters. The first-order chi connectivity index (χ1) is 8.75. The molecule has 1 unspecified atom stereocenters. The molecule has 0 amide bonds. The molecule has 0 bridgehead atoms. The molecule has 1 heterocycles. The molecule has 106 valence electrons. The molecule has 2 aliphatic rings. The molecule has 0 spiro atoms. The van der Waals surface area contributed by atoms with Crippen LogP contribution in [0.15, 0.2) is 0 Å². The topological polar surface area (TPSA) is 18.5 Å². The van der Waals surface area contributed by atoms with Gasteiger partial charge in [0, 0.05) is 18.6 Å². The molecule has 1 N–H and O–H groups in total. The van der Waals surface area contributed by atoms with Crippen LogP contribution in [0.4, 0.5) is 0 Å². The molecule has 1 aliphatic heterocycles. The first-order valence-electron chi connectivity index (χ1n) is 7.88. The lowest BCUT2D eigenvalue weighted by molar-refractivity contribution is 0.131. The van der Waals surface area contributed by atoms with Gasteiger partial charge in [-0.05, 0) is 72.3 Å². The average molecular weight is 253 g/mol. The second-order valence-electron chi connectivity index (χ2n) is 6.35. The molecular formula is C15H31N3. The van der Waals surface area contributed by atoms with Crippen LogP contribution in [0.2, 0.25) is 0 Å². The molecule has 0 radical (unpaired) electrons. The van der Waals surface area contributed by atoms with Crippen molar-refractivity contribution in [2.24, 2.45) is 0 Å². The summed E-state index contributed by atoms with van der Waals surface area (Å²) < 4.78 is 0. The minimum atomic E-state index is 0.787. The lowest BCUT2D eigenvalue weighted by Crippen LogP contribution is -2.45. The maximum atomic E-state index is 3.60. The van der Waals surface area contributed by atoms with E-state index < -0.39 is 0 Å². The fourth-order valence-electron chi connectivity index (χ4n) is 2.89. The van der Waals surface area contributed by atoms with E-state index in [2.05, 4.69) is 29.2 Å². The zero-order chi connectivity index (χ0) is 12.8. The van der Waals surface area contributed by atoms with Gasteiger partial charge < -0.3 is 15.1 Å². The molecule has 2 fully saturated rings. The molecule has 0 aromatic carbocycles. The average Bonchev–Trinajstić information content (AvgIpc) is 3.18. The molecule has 0 aromatic heterocycles. The summed E-state index contributed by atoms with van der Waals surface area (Å²) >= 11 is 0. The van der Waals surface area contributed by atoms with E-state index in [-0.39, 0.29) is 0 Å². The number of hydrogen-bond donors (Lipinski definition) is 1. The standard InChI is InChI=1S/C15H31N3/c1-17(2)15-7-6-12-18(13-15)11-5-3-4-10-16-14-8-9-14/h14-16H,3-13H2,1-2H3. The van der Waals surface area contributed by atoms with Crippen LogP contribution >= 0.6 is 0 Å². The van der Waals surface area contributed by atoms with Gasteiger partial charge in [-0.3, -0.25) is 0 Å². The molecule has 18 heavy (non-hydrogen) atoms. The SMILES string of the molecule is CN(C)C1CCCN(CCCCCNC2CC2)C1. The number of likely N-dealkylation sites (N-methyl/N-ethyl adjacent to an activating group) is 1. The Kier molecular flexibility index (Phi) is 5.93. The predicted molar refractivity (Wildman–Crippen MR) is 78.0 cm³/mol. The number of piperidine rings is 1. The highest BCUT2D eigenvalue weighted by Gasteiger charge is 2.21. The van der Waals surface area contributed by atoms with Gasteiger partial charge in [0.15, 0.2) is 0 Å². The fourth-order valence-corrected chi connectivity index (χ4v) is 2.89. The zero-order valence-electron chi connectivity index (χ0n) is 12.3. The van der Waals surface area contributed by atoms with Crippen LogP contribution in [-0.4, -0.2) is 62.2 Å². The molecule has 1 saturated heterocycles. The number of nitrogens with zero attached hydrogens (tertiary/aromatic N) is 2. The van der Waals surface area contributed by atoms with E-state index in [1.165, 1.54) is 71.1 Å². The molecule has 3 heteroatoms. The van der Waals surface area contributed by atoms with Crippen LogP contribution < -0.4 is 5.32 Å². The van der Waals surface area contributed by atoms with Crippen molar-refractivity contribution in [2.45, 2.75) is 57.0 Å². The van der Waals surface area contributed by atoms with E-state index in [4.69, 9.17) is 0 Å². The monoisotopic (exact) mass is 253 g/mol. The summed E-state index contributed by atoms with van der Waals surface area (Å²) in [5.41, 5.74) is 0. The van der Waals surface area contributed by atoms with E-state index in [1.54, 1.807) is 0 Å². The molecule has 2 rings (SSSR count). The van der Waals surface area contributed by atoms with Crippen molar-refractivity contribution in [3.05, 3.63) is 0 Å². The lowest BCUT2D eigenvalue weighted by atomic mass is 10.0. The third-order valence-corrected chi connectivity index (χ3v) is 4.37. The van der Waals surface area contributed by atoms with E-state index in [0.29, 0.717) is 0 Å². The summed E-state index contributed by atoms with van der Waals surface area (Å²) in [6.45, 7) is 5.16. The minimum absolute atomic E-state index is 0.787. The van der Waals surface area contributed by atoms with Crippen molar-refractivity contribution in [3.63, 3.8) is 0 Å². The second kappa shape index (κ2) is 7.46. The Labute approximate surface area is 113 Å². The predicted octanol–water partition coefficient (Wildman–Crippen LogP) is 1.93. The summed E-state index contributed by atoms with van der Waals surface area (Å²) in [6.07, 6.45) is 9.73. The van der Waals surface area contributed by atoms with E-state index in [0.717, 1.165) is 12.1 Å². The number of rotatable bonds is 8. The Hall–Kier alpha value is -0.120. The highest BCUT2D eigenvalue weighted by molar-refractivity contribution is 4.80. The number of hydrogen-bond acceptors (Lipinski definition) is 3. The Balaban J connectivity index is 1.47. The Morgan fingerprint density at radius 3 is 2.67 bits per heavy atom. The van der Waals surface area contributed by atoms with Gasteiger partial charge in [0.2, 0.25) is 0 Å². The van der Waals surface area contributed by atoms with Crippen molar-refractivity contribution in [1.82, 2.24) is 15.1 Å². The maximum absolute atomic E-state index is 3.60. The van der Waals surface area contributed by atoms with Crippen LogP contribution in [0.5, 0.6) is 0 Å². The van der Waals surface area contributed by atoms with Crippen LogP contribution in [0.1, 0.15) is 44.9 Å². The summed E-state index contributed by atoms with van der Waals surface area (Å²) in [5.74, 6) is 0. The molecular weight excluding hydrogens is 222 g/mol. The number of likely N-dealkylation sites (tertiary alicyclic amines) is 1. The van der Waals surface area contributed by atoms with Crippen LogP contribution in [0, 0.1) is 0 Å². The summed E-state index contributed by atoms with van der Waals surface area (Å²) in [4.78, 5) is 5.06. The molecule has 1 saturated carbocycles. The fraction of sp³-hybridized carbons (Fsp3) is 1.00. The quantitative estimate of drug-likeness (QED) is 0.667. The third kappa shape index (κ3) is 5.25. The lowest BCUT2D eigenvalue weighted by Gasteiger charge is -2.36.